The zero-order chi connectivity index (χ0) is 14.7. The molecule has 21 heavy (non-hydrogen) atoms. The zero-order valence-corrected chi connectivity index (χ0v) is 12.3. The van der Waals surface area contributed by atoms with Gasteiger partial charge in [-0.3, -0.25) is 9.97 Å². The zero-order valence-electron chi connectivity index (χ0n) is 12.3. The molecule has 0 aliphatic heterocycles. The molecule has 0 aliphatic rings. The minimum absolute atomic E-state index is 0.189. The standard InChI is InChI=1S/C16H19N5/c1-12(15-11-17-7-8-19-15)18-9-10-21-13(2)20-14-5-3-4-6-16(14)21/h3-8,11-12,18H,9-10H2,1-2H3. The van der Waals surface area contributed by atoms with Gasteiger partial charge in [-0.2, -0.15) is 0 Å². The lowest BCUT2D eigenvalue weighted by atomic mass is 10.2. The summed E-state index contributed by atoms with van der Waals surface area (Å²) in [7, 11) is 0. The predicted molar refractivity (Wildman–Crippen MR) is 82.9 cm³/mol. The van der Waals surface area contributed by atoms with Crippen LogP contribution in [0.15, 0.2) is 42.9 Å². The van der Waals surface area contributed by atoms with Crippen LogP contribution in [0.1, 0.15) is 24.5 Å². The molecule has 0 amide bonds. The Labute approximate surface area is 124 Å². The van der Waals surface area contributed by atoms with Crippen molar-refractivity contribution in [3.05, 3.63) is 54.4 Å². The second-order valence-corrected chi connectivity index (χ2v) is 5.11. The monoisotopic (exact) mass is 281 g/mol. The number of para-hydroxylation sites is 2. The highest BCUT2D eigenvalue weighted by atomic mass is 15.1. The molecular formula is C16H19N5. The minimum atomic E-state index is 0.189. The van der Waals surface area contributed by atoms with Gasteiger partial charge in [0.2, 0.25) is 0 Å². The van der Waals surface area contributed by atoms with Gasteiger partial charge >= 0.3 is 0 Å². The number of benzene rings is 1. The number of rotatable bonds is 5. The van der Waals surface area contributed by atoms with E-state index >= 15 is 0 Å². The average molecular weight is 281 g/mol. The van der Waals surface area contributed by atoms with Crippen LogP contribution >= 0.6 is 0 Å². The number of hydrogen-bond acceptors (Lipinski definition) is 4. The third kappa shape index (κ3) is 2.92. The van der Waals surface area contributed by atoms with Crippen LogP contribution in [0.3, 0.4) is 0 Å². The van der Waals surface area contributed by atoms with Crippen LogP contribution in [0.5, 0.6) is 0 Å². The molecule has 1 N–H and O–H groups in total. The normalized spacial score (nSPS) is 12.7. The van der Waals surface area contributed by atoms with Crippen molar-refractivity contribution in [3.8, 4) is 0 Å². The molecule has 1 unspecified atom stereocenters. The molecule has 0 fully saturated rings. The van der Waals surface area contributed by atoms with Crippen molar-refractivity contribution in [3.63, 3.8) is 0 Å². The van der Waals surface area contributed by atoms with E-state index in [1.165, 1.54) is 5.52 Å². The highest BCUT2D eigenvalue weighted by Gasteiger charge is 2.08. The summed E-state index contributed by atoms with van der Waals surface area (Å²) < 4.78 is 2.24. The number of imidazole rings is 1. The third-order valence-corrected chi connectivity index (χ3v) is 3.66. The van der Waals surface area contributed by atoms with Crippen molar-refractivity contribution in [2.24, 2.45) is 0 Å². The average Bonchev–Trinajstić information content (AvgIpc) is 2.84. The molecule has 108 valence electrons. The van der Waals surface area contributed by atoms with Crippen LogP contribution in [0, 0.1) is 6.92 Å². The molecule has 5 heteroatoms. The molecule has 0 saturated carbocycles. The van der Waals surface area contributed by atoms with Crippen molar-refractivity contribution < 1.29 is 0 Å². The first-order valence-electron chi connectivity index (χ1n) is 7.17. The lowest BCUT2D eigenvalue weighted by Crippen LogP contribution is -2.24. The second kappa shape index (κ2) is 6.01. The van der Waals surface area contributed by atoms with Gasteiger partial charge in [-0.05, 0) is 26.0 Å². The van der Waals surface area contributed by atoms with Crippen LogP contribution in [0.4, 0.5) is 0 Å². The molecule has 0 saturated heterocycles. The Hall–Kier alpha value is -2.27. The molecule has 0 spiro atoms. The molecule has 5 nitrogen and oxygen atoms in total. The number of nitrogens with one attached hydrogen (secondary N) is 1. The Morgan fingerprint density at radius 2 is 2.10 bits per heavy atom. The minimum Gasteiger partial charge on any atom is -0.327 e. The smallest absolute Gasteiger partial charge is 0.106 e. The highest BCUT2D eigenvalue weighted by Crippen LogP contribution is 2.15. The molecule has 2 aromatic heterocycles. The molecule has 0 radical (unpaired) electrons. The van der Waals surface area contributed by atoms with Crippen LogP contribution in [0.25, 0.3) is 11.0 Å². The van der Waals surface area contributed by atoms with Gasteiger partial charge in [0.1, 0.15) is 5.82 Å². The Bertz CT molecular complexity index is 720. The van der Waals surface area contributed by atoms with E-state index in [-0.39, 0.29) is 6.04 Å². The first-order chi connectivity index (χ1) is 10.3. The van der Waals surface area contributed by atoms with E-state index in [1.807, 2.05) is 13.0 Å². The van der Waals surface area contributed by atoms with E-state index in [0.29, 0.717) is 0 Å². The molecule has 2 heterocycles. The Balaban J connectivity index is 1.66. The van der Waals surface area contributed by atoms with Crippen molar-refractivity contribution >= 4 is 11.0 Å². The van der Waals surface area contributed by atoms with Crippen LogP contribution in [0.2, 0.25) is 0 Å². The van der Waals surface area contributed by atoms with Crippen molar-refractivity contribution in [2.45, 2.75) is 26.4 Å². The van der Waals surface area contributed by atoms with Crippen molar-refractivity contribution in [2.75, 3.05) is 6.54 Å². The summed E-state index contributed by atoms with van der Waals surface area (Å²) in [6.07, 6.45) is 5.22. The van der Waals surface area contributed by atoms with E-state index in [2.05, 4.69) is 50.0 Å². The third-order valence-electron chi connectivity index (χ3n) is 3.66. The molecule has 3 aromatic rings. The largest absolute Gasteiger partial charge is 0.327 e. The number of aromatic nitrogens is 4. The fraction of sp³-hybridized carbons (Fsp3) is 0.312. The van der Waals surface area contributed by atoms with Crippen LogP contribution in [-0.2, 0) is 6.54 Å². The maximum Gasteiger partial charge on any atom is 0.106 e. The van der Waals surface area contributed by atoms with Crippen LogP contribution < -0.4 is 5.32 Å². The Morgan fingerprint density at radius 3 is 2.90 bits per heavy atom. The number of fused-ring (bicyclic) bond motifs is 1. The maximum absolute atomic E-state index is 4.58. The van der Waals surface area contributed by atoms with Gasteiger partial charge < -0.3 is 9.88 Å². The molecule has 0 aliphatic carbocycles. The molecule has 1 aromatic carbocycles. The van der Waals surface area contributed by atoms with E-state index in [9.17, 15) is 0 Å². The summed E-state index contributed by atoms with van der Waals surface area (Å²) in [6, 6.07) is 8.42. The summed E-state index contributed by atoms with van der Waals surface area (Å²) in [6.45, 7) is 5.89. The van der Waals surface area contributed by atoms with Gasteiger partial charge in [-0.1, -0.05) is 12.1 Å². The SMILES string of the molecule is Cc1nc2ccccc2n1CCNC(C)c1cnccn1. The summed E-state index contributed by atoms with van der Waals surface area (Å²) in [5.41, 5.74) is 3.20. The van der Waals surface area contributed by atoms with E-state index in [1.54, 1.807) is 18.6 Å². The molecule has 0 bridgehead atoms. The quantitative estimate of drug-likeness (QED) is 0.780. The van der Waals surface area contributed by atoms with E-state index in [0.717, 1.165) is 30.1 Å². The van der Waals surface area contributed by atoms with Gasteiger partial charge in [0, 0.05) is 37.7 Å². The summed E-state index contributed by atoms with van der Waals surface area (Å²) in [5, 5.41) is 3.48. The van der Waals surface area contributed by atoms with Crippen molar-refractivity contribution in [1.82, 2.24) is 24.8 Å². The van der Waals surface area contributed by atoms with Gasteiger partial charge in [0.25, 0.3) is 0 Å². The summed E-state index contributed by atoms with van der Waals surface area (Å²) in [5.74, 6) is 1.05. The fourth-order valence-electron chi connectivity index (χ4n) is 2.51. The predicted octanol–water partition coefficient (Wildman–Crippen LogP) is 2.49. The van der Waals surface area contributed by atoms with Gasteiger partial charge in [-0.25, -0.2) is 4.98 Å². The topological polar surface area (TPSA) is 55.6 Å². The molecule has 1 atom stereocenters. The summed E-state index contributed by atoms with van der Waals surface area (Å²) in [4.78, 5) is 13.0. The lowest BCUT2D eigenvalue weighted by molar-refractivity contribution is 0.522. The first-order valence-corrected chi connectivity index (χ1v) is 7.17. The van der Waals surface area contributed by atoms with Gasteiger partial charge in [-0.15, -0.1) is 0 Å². The second-order valence-electron chi connectivity index (χ2n) is 5.11. The van der Waals surface area contributed by atoms with Crippen LogP contribution in [-0.4, -0.2) is 26.1 Å². The number of aryl methyl sites for hydroxylation is 1. The van der Waals surface area contributed by atoms with E-state index in [4.69, 9.17) is 0 Å². The summed E-state index contributed by atoms with van der Waals surface area (Å²) >= 11 is 0. The fourth-order valence-corrected chi connectivity index (χ4v) is 2.51. The van der Waals surface area contributed by atoms with Gasteiger partial charge in [0.15, 0.2) is 0 Å². The molecule has 3 rings (SSSR count). The Kier molecular flexibility index (Phi) is 3.92. The first kappa shape index (κ1) is 13.7. The number of nitrogens with zero attached hydrogens (tertiary/aromatic N) is 4. The Morgan fingerprint density at radius 1 is 1.24 bits per heavy atom. The number of hydrogen-bond donors (Lipinski definition) is 1. The van der Waals surface area contributed by atoms with Gasteiger partial charge in [0.05, 0.1) is 16.7 Å². The van der Waals surface area contributed by atoms with E-state index < -0.39 is 0 Å². The lowest BCUT2D eigenvalue weighted by Gasteiger charge is -2.14. The highest BCUT2D eigenvalue weighted by molar-refractivity contribution is 5.75. The van der Waals surface area contributed by atoms with Crippen molar-refractivity contribution in [1.29, 1.82) is 0 Å². The maximum atomic E-state index is 4.58. The molecular weight excluding hydrogens is 262 g/mol.